The van der Waals surface area contributed by atoms with E-state index >= 15 is 0 Å². The Morgan fingerprint density at radius 2 is 1.95 bits per heavy atom. The van der Waals surface area contributed by atoms with E-state index < -0.39 is 0 Å². The Bertz CT molecular complexity index is 799. The van der Waals surface area contributed by atoms with Gasteiger partial charge >= 0.3 is 0 Å². The molecule has 1 amide bonds. The Labute approximate surface area is 144 Å². The number of halogens is 3. The highest BCUT2D eigenvalue weighted by molar-refractivity contribution is 9.11. The van der Waals surface area contributed by atoms with Crippen LogP contribution in [0.5, 0.6) is 0 Å². The third kappa shape index (κ3) is 2.68. The first-order chi connectivity index (χ1) is 9.97. The molecule has 1 aliphatic rings. The molecule has 0 bridgehead atoms. The van der Waals surface area contributed by atoms with Crippen LogP contribution in [-0.2, 0) is 4.79 Å². The summed E-state index contributed by atoms with van der Waals surface area (Å²) in [5.74, 6) is -0.105. The quantitative estimate of drug-likeness (QED) is 0.584. The molecule has 2 aromatic carbocycles. The first kappa shape index (κ1) is 14.8. The summed E-state index contributed by atoms with van der Waals surface area (Å²) in [5.41, 5.74) is 4.30. The third-order valence-corrected chi connectivity index (χ3v) is 5.07. The van der Waals surface area contributed by atoms with Gasteiger partial charge in [-0.3, -0.25) is 4.79 Å². The van der Waals surface area contributed by atoms with Crippen molar-refractivity contribution in [2.75, 3.05) is 5.32 Å². The Balaban J connectivity index is 2.21. The second-order valence-corrected chi connectivity index (χ2v) is 6.93. The molecule has 5 heteroatoms. The summed E-state index contributed by atoms with van der Waals surface area (Å²) in [6.07, 6.45) is 1.86. The van der Waals surface area contributed by atoms with Crippen LogP contribution in [0.15, 0.2) is 39.3 Å². The lowest BCUT2D eigenvalue weighted by Gasteiger charge is -2.08. The minimum absolute atomic E-state index is 0.105. The van der Waals surface area contributed by atoms with Gasteiger partial charge < -0.3 is 5.32 Å². The summed E-state index contributed by atoms with van der Waals surface area (Å²) in [6.45, 7) is 1.99. The van der Waals surface area contributed by atoms with E-state index in [9.17, 15) is 4.79 Å². The molecule has 106 valence electrons. The number of amides is 1. The van der Waals surface area contributed by atoms with Crippen LogP contribution in [0, 0.1) is 6.92 Å². The lowest BCUT2D eigenvalue weighted by molar-refractivity contribution is -0.110. The first-order valence-corrected chi connectivity index (χ1v) is 8.21. The van der Waals surface area contributed by atoms with Crippen molar-refractivity contribution < 1.29 is 4.79 Å². The number of fused-ring (bicyclic) bond motifs is 1. The topological polar surface area (TPSA) is 29.1 Å². The molecule has 0 saturated heterocycles. The number of benzene rings is 2. The fourth-order valence-electron chi connectivity index (χ4n) is 2.37. The minimum Gasteiger partial charge on any atom is -0.320 e. The number of rotatable bonds is 1. The van der Waals surface area contributed by atoms with Crippen molar-refractivity contribution in [3.05, 3.63) is 61.0 Å². The van der Waals surface area contributed by atoms with Crippen molar-refractivity contribution in [1.82, 2.24) is 0 Å². The van der Waals surface area contributed by atoms with Gasteiger partial charge in [0.1, 0.15) is 0 Å². The molecule has 0 saturated carbocycles. The fraction of sp³-hybridized carbons (Fsp3) is 0.0625. The van der Waals surface area contributed by atoms with E-state index in [-0.39, 0.29) is 5.91 Å². The van der Waals surface area contributed by atoms with Gasteiger partial charge in [-0.15, -0.1) is 0 Å². The Morgan fingerprint density at radius 3 is 2.67 bits per heavy atom. The molecular formula is C16H10Br2ClNO. The molecule has 0 unspecified atom stereocenters. The van der Waals surface area contributed by atoms with Gasteiger partial charge in [-0.25, -0.2) is 0 Å². The summed E-state index contributed by atoms with van der Waals surface area (Å²) >= 11 is 13.0. The van der Waals surface area contributed by atoms with Crippen LogP contribution in [-0.4, -0.2) is 5.91 Å². The summed E-state index contributed by atoms with van der Waals surface area (Å²) in [6, 6.07) is 9.38. The van der Waals surface area contributed by atoms with Crippen molar-refractivity contribution in [1.29, 1.82) is 0 Å². The van der Waals surface area contributed by atoms with E-state index in [1.165, 1.54) is 0 Å². The highest BCUT2D eigenvalue weighted by Crippen LogP contribution is 2.43. The van der Waals surface area contributed by atoms with E-state index in [1.807, 2.05) is 43.3 Å². The number of nitrogens with one attached hydrogen (secondary N) is 1. The zero-order valence-electron chi connectivity index (χ0n) is 11.0. The first-order valence-electron chi connectivity index (χ1n) is 6.25. The molecule has 0 aliphatic carbocycles. The van der Waals surface area contributed by atoms with Crippen LogP contribution in [0.2, 0.25) is 5.02 Å². The molecular weight excluding hydrogens is 417 g/mol. The highest BCUT2D eigenvalue weighted by atomic mass is 79.9. The standard InChI is InChI=1S/C16H10Br2ClNO/c1-8-12(17)7-13(18)15-14(8)11(16(21)20-15)6-9-3-2-4-10(19)5-9/h2-7H,1H3,(H,20,21). The summed E-state index contributed by atoms with van der Waals surface area (Å²) in [7, 11) is 0. The maximum atomic E-state index is 12.3. The largest absolute Gasteiger partial charge is 0.320 e. The third-order valence-electron chi connectivity index (χ3n) is 3.39. The van der Waals surface area contributed by atoms with Gasteiger partial charge in [-0.2, -0.15) is 0 Å². The summed E-state index contributed by atoms with van der Waals surface area (Å²) < 4.78 is 1.82. The van der Waals surface area contributed by atoms with E-state index in [0.717, 1.165) is 31.3 Å². The van der Waals surface area contributed by atoms with Gasteiger partial charge in [-0.05, 0) is 58.3 Å². The Kier molecular flexibility index (Phi) is 3.95. The fourth-order valence-corrected chi connectivity index (χ4v) is 3.83. The minimum atomic E-state index is -0.105. The molecule has 1 N–H and O–H groups in total. The van der Waals surface area contributed by atoms with E-state index in [2.05, 4.69) is 37.2 Å². The number of hydrogen-bond donors (Lipinski definition) is 1. The highest BCUT2D eigenvalue weighted by Gasteiger charge is 2.28. The molecule has 0 spiro atoms. The van der Waals surface area contributed by atoms with Crippen LogP contribution in [0.3, 0.4) is 0 Å². The zero-order valence-corrected chi connectivity index (χ0v) is 14.9. The smallest absolute Gasteiger partial charge is 0.256 e. The van der Waals surface area contributed by atoms with E-state index in [4.69, 9.17) is 11.6 Å². The number of anilines is 1. The SMILES string of the molecule is Cc1c(Br)cc(Br)c2c1C(=Cc1cccc(Cl)c1)C(=O)N2. The molecule has 2 nitrogen and oxygen atoms in total. The molecule has 0 radical (unpaired) electrons. The molecule has 0 aromatic heterocycles. The maximum Gasteiger partial charge on any atom is 0.256 e. The van der Waals surface area contributed by atoms with Crippen molar-refractivity contribution in [2.24, 2.45) is 0 Å². The normalized spacial score (nSPS) is 15.2. The molecule has 1 heterocycles. The average Bonchev–Trinajstić information content (AvgIpc) is 2.74. The summed E-state index contributed by atoms with van der Waals surface area (Å²) in [5, 5.41) is 3.56. The van der Waals surface area contributed by atoms with E-state index in [0.29, 0.717) is 10.6 Å². The number of hydrogen-bond acceptors (Lipinski definition) is 1. The lowest BCUT2D eigenvalue weighted by Crippen LogP contribution is -2.03. The molecule has 3 rings (SSSR count). The lowest BCUT2D eigenvalue weighted by atomic mass is 9.99. The maximum absolute atomic E-state index is 12.3. The van der Waals surface area contributed by atoms with Crippen molar-refractivity contribution >= 4 is 66.7 Å². The summed E-state index contributed by atoms with van der Waals surface area (Å²) in [4.78, 5) is 12.3. The van der Waals surface area contributed by atoms with Crippen LogP contribution in [0.25, 0.3) is 11.6 Å². The Morgan fingerprint density at radius 1 is 1.19 bits per heavy atom. The molecule has 1 aliphatic heterocycles. The Hall–Kier alpha value is -1.10. The van der Waals surface area contributed by atoms with Gasteiger partial charge in [0, 0.05) is 25.1 Å². The molecule has 21 heavy (non-hydrogen) atoms. The molecule has 0 fully saturated rings. The van der Waals surface area contributed by atoms with Crippen LogP contribution < -0.4 is 5.32 Å². The van der Waals surface area contributed by atoms with Gasteiger partial charge in [-0.1, -0.05) is 39.7 Å². The number of carbonyl (C=O) groups is 1. The predicted octanol–water partition coefficient (Wildman–Crippen LogP) is 5.67. The second kappa shape index (κ2) is 5.59. The van der Waals surface area contributed by atoms with Crippen molar-refractivity contribution in [3.63, 3.8) is 0 Å². The molecule has 2 aromatic rings. The average molecular weight is 428 g/mol. The van der Waals surface area contributed by atoms with Crippen LogP contribution in [0.1, 0.15) is 16.7 Å². The number of carbonyl (C=O) groups excluding carboxylic acids is 1. The van der Waals surface area contributed by atoms with Crippen molar-refractivity contribution in [2.45, 2.75) is 6.92 Å². The van der Waals surface area contributed by atoms with Crippen LogP contribution >= 0.6 is 43.5 Å². The predicted molar refractivity (Wildman–Crippen MR) is 94.5 cm³/mol. The van der Waals surface area contributed by atoms with Gasteiger partial charge in [0.15, 0.2) is 0 Å². The van der Waals surface area contributed by atoms with E-state index in [1.54, 1.807) is 0 Å². The van der Waals surface area contributed by atoms with Gasteiger partial charge in [0.25, 0.3) is 5.91 Å². The van der Waals surface area contributed by atoms with Crippen LogP contribution in [0.4, 0.5) is 5.69 Å². The molecule has 0 atom stereocenters. The monoisotopic (exact) mass is 425 g/mol. The van der Waals surface area contributed by atoms with Gasteiger partial charge in [0.05, 0.1) is 5.69 Å². The van der Waals surface area contributed by atoms with Gasteiger partial charge in [0.2, 0.25) is 0 Å². The zero-order chi connectivity index (χ0) is 15.1. The van der Waals surface area contributed by atoms with Crippen molar-refractivity contribution in [3.8, 4) is 0 Å². The second-order valence-electron chi connectivity index (χ2n) is 4.78.